The van der Waals surface area contributed by atoms with E-state index >= 15 is 0 Å². The summed E-state index contributed by atoms with van der Waals surface area (Å²) < 4.78 is 5.40. The molecule has 154 valence electrons. The molecule has 2 aromatic rings. The van der Waals surface area contributed by atoms with Crippen molar-refractivity contribution in [3.05, 3.63) is 40.9 Å². The fourth-order valence-corrected chi connectivity index (χ4v) is 4.56. The van der Waals surface area contributed by atoms with Gasteiger partial charge in [-0.05, 0) is 31.0 Å². The van der Waals surface area contributed by atoms with Gasteiger partial charge in [0.2, 0.25) is 11.8 Å². The lowest BCUT2D eigenvalue weighted by Gasteiger charge is -2.29. The standard InChI is InChI=1S/C21H26N4O3S/c1-15(16-4-6-18(7-5-16)24-9-11-28-12-10-24)22-19(26)13-17-14-29-21(23-17)25-8-2-3-20(25)27/h4-7,14-15H,2-3,8-13H2,1H3,(H,22,26). The van der Waals surface area contributed by atoms with Crippen molar-refractivity contribution in [2.75, 3.05) is 42.6 Å². The number of aromatic nitrogens is 1. The minimum absolute atomic E-state index is 0.0700. The average molecular weight is 415 g/mol. The number of nitrogens with zero attached hydrogens (tertiary/aromatic N) is 3. The highest BCUT2D eigenvalue weighted by molar-refractivity contribution is 7.14. The SMILES string of the molecule is CC(NC(=O)Cc1csc(N2CCCC2=O)n1)c1ccc(N2CCOCC2)cc1. The second-order valence-electron chi connectivity index (χ2n) is 7.43. The first kappa shape index (κ1) is 19.8. The van der Waals surface area contributed by atoms with Crippen LogP contribution >= 0.6 is 11.3 Å². The van der Waals surface area contributed by atoms with Gasteiger partial charge in [0.05, 0.1) is 31.4 Å². The maximum atomic E-state index is 12.5. The van der Waals surface area contributed by atoms with Gasteiger partial charge >= 0.3 is 0 Å². The van der Waals surface area contributed by atoms with Gasteiger partial charge in [0.25, 0.3) is 0 Å². The second-order valence-corrected chi connectivity index (χ2v) is 8.26. The summed E-state index contributed by atoms with van der Waals surface area (Å²) in [6.45, 7) is 6.04. The van der Waals surface area contributed by atoms with Gasteiger partial charge < -0.3 is 15.0 Å². The highest BCUT2D eigenvalue weighted by Crippen LogP contribution is 2.25. The Kier molecular flexibility index (Phi) is 6.10. The number of morpholine rings is 1. The predicted octanol–water partition coefficient (Wildman–Crippen LogP) is 2.53. The Morgan fingerprint density at radius 1 is 1.24 bits per heavy atom. The molecule has 0 saturated carbocycles. The first-order chi connectivity index (χ1) is 14.1. The Morgan fingerprint density at radius 2 is 2.00 bits per heavy atom. The fourth-order valence-electron chi connectivity index (χ4n) is 3.69. The van der Waals surface area contributed by atoms with E-state index in [4.69, 9.17) is 4.74 Å². The van der Waals surface area contributed by atoms with Crippen molar-refractivity contribution >= 4 is 34.0 Å². The van der Waals surface area contributed by atoms with Crippen LogP contribution in [0.15, 0.2) is 29.6 Å². The number of anilines is 2. The molecule has 1 unspecified atom stereocenters. The van der Waals surface area contributed by atoms with Crippen LogP contribution in [0.25, 0.3) is 0 Å². The molecular formula is C21H26N4O3S. The number of amides is 2. The molecular weight excluding hydrogens is 388 g/mol. The van der Waals surface area contributed by atoms with E-state index in [1.807, 2.05) is 12.3 Å². The maximum Gasteiger partial charge on any atom is 0.228 e. The van der Waals surface area contributed by atoms with Crippen LogP contribution in [-0.4, -0.2) is 49.6 Å². The van der Waals surface area contributed by atoms with Crippen molar-refractivity contribution in [3.63, 3.8) is 0 Å². The van der Waals surface area contributed by atoms with Gasteiger partial charge in [0, 0.05) is 37.1 Å². The number of benzene rings is 1. The number of carbonyl (C=O) groups is 2. The van der Waals surface area contributed by atoms with E-state index in [0.717, 1.165) is 44.8 Å². The summed E-state index contributed by atoms with van der Waals surface area (Å²) in [7, 11) is 0. The molecule has 4 rings (SSSR count). The Balaban J connectivity index is 1.31. The van der Waals surface area contributed by atoms with Crippen LogP contribution in [0.1, 0.15) is 37.1 Å². The smallest absolute Gasteiger partial charge is 0.228 e. The molecule has 3 heterocycles. The van der Waals surface area contributed by atoms with Gasteiger partial charge in [-0.3, -0.25) is 14.5 Å². The lowest BCUT2D eigenvalue weighted by molar-refractivity contribution is -0.121. The Hall–Kier alpha value is -2.45. The van der Waals surface area contributed by atoms with Gasteiger partial charge in [-0.2, -0.15) is 0 Å². The fraction of sp³-hybridized carbons (Fsp3) is 0.476. The van der Waals surface area contributed by atoms with Crippen molar-refractivity contribution in [1.29, 1.82) is 0 Å². The Morgan fingerprint density at radius 3 is 2.69 bits per heavy atom. The molecule has 2 fully saturated rings. The van der Waals surface area contributed by atoms with E-state index in [9.17, 15) is 9.59 Å². The normalized spacial score (nSPS) is 18.2. The summed E-state index contributed by atoms with van der Waals surface area (Å²) in [5.74, 6) is 0.0452. The summed E-state index contributed by atoms with van der Waals surface area (Å²) in [5, 5.41) is 5.60. The number of nitrogens with one attached hydrogen (secondary N) is 1. The zero-order valence-electron chi connectivity index (χ0n) is 16.6. The van der Waals surface area contributed by atoms with Crippen molar-refractivity contribution in [3.8, 4) is 0 Å². The van der Waals surface area contributed by atoms with Gasteiger partial charge in [-0.15, -0.1) is 11.3 Å². The van der Waals surface area contributed by atoms with Crippen LogP contribution in [0.5, 0.6) is 0 Å². The monoisotopic (exact) mass is 414 g/mol. The van der Waals surface area contributed by atoms with Crippen LogP contribution in [0.3, 0.4) is 0 Å². The molecule has 1 atom stereocenters. The van der Waals surface area contributed by atoms with E-state index in [0.29, 0.717) is 17.2 Å². The average Bonchev–Trinajstić information content (AvgIpc) is 3.37. The number of thiazole rings is 1. The van der Waals surface area contributed by atoms with Crippen LogP contribution in [0, 0.1) is 0 Å². The molecule has 29 heavy (non-hydrogen) atoms. The molecule has 2 saturated heterocycles. The number of carbonyl (C=O) groups excluding carboxylic acids is 2. The van der Waals surface area contributed by atoms with Gasteiger partial charge in [0.1, 0.15) is 0 Å². The molecule has 8 heteroatoms. The highest BCUT2D eigenvalue weighted by atomic mass is 32.1. The molecule has 0 spiro atoms. The van der Waals surface area contributed by atoms with E-state index in [1.165, 1.54) is 17.0 Å². The summed E-state index contributed by atoms with van der Waals surface area (Å²) in [6.07, 6.45) is 1.67. The third-order valence-electron chi connectivity index (χ3n) is 5.33. The molecule has 0 bridgehead atoms. The third kappa shape index (κ3) is 4.76. The van der Waals surface area contributed by atoms with Crippen molar-refractivity contribution < 1.29 is 14.3 Å². The van der Waals surface area contributed by atoms with E-state index < -0.39 is 0 Å². The van der Waals surface area contributed by atoms with Crippen molar-refractivity contribution in [1.82, 2.24) is 10.3 Å². The summed E-state index contributed by atoms with van der Waals surface area (Å²) in [6, 6.07) is 8.25. The highest BCUT2D eigenvalue weighted by Gasteiger charge is 2.24. The number of hydrogen-bond donors (Lipinski definition) is 1. The zero-order valence-corrected chi connectivity index (χ0v) is 17.4. The van der Waals surface area contributed by atoms with Crippen molar-refractivity contribution in [2.45, 2.75) is 32.2 Å². The maximum absolute atomic E-state index is 12.5. The quantitative estimate of drug-likeness (QED) is 0.786. The summed E-state index contributed by atoms with van der Waals surface area (Å²) in [4.78, 5) is 32.8. The van der Waals surface area contributed by atoms with E-state index in [1.54, 1.807) is 4.90 Å². The number of ether oxygens (including phenoxy) is 1. The van der Waals surface area contributed by atoms with Crippen LogP contribution < -0.4 is 15.1 Å². The van der Waals surface area contributed by atoms with E-state index in [-0.39, 0.29) is 24.3 Å². The number of hydrogen-bond acceptors (Lipinski definition) is 6. The van der Waals surface area contributed by atoms with Crippen LogP contribution in [0.2, 0.25) is 0 Å². The number of rotatable bonds is 6. The van der Waals surface area contributed by atoms with Gasteiger partial charge in [0.15, 0.2) is 5.13 Å². The zero-order chi connectivity index (χ0) is 20.2. The molecule has 2 aliphatic rings. The minimum Gasteiger partial charge on any atom is -0.378 e. The lowest BCUT2D eigenvalue weighted by Crippen LogP contribution is -2.36. The van der Waals surface area contributed by atoms with Crippen LogP contribution in [0.4, 0.5) is 10.8 Å². The molecule has 1 aromatic heterocycles. The molecule has 0 radical (unpaired) electrons. The molecule has 2 amide bonds. The molecule has 2 aliphatic heterocycles. The molecule has 1 N–H and O–H groups in total. The lowest BCUT2D eigenvalue weighted by atomic mass is 10.1. The summed E-state index contributed by atoms with van der Waals surface area (Å²) >= 11 is 1.42. The van der Waals surface area contributed by atoms with E-state index in [2.05, 4.69) is 39.5 Å². The van der Waals surface area contributed by atoms with Gasteiger partial charge in [-0.25, -0.2) is 4.98 Å². The molecule has 1 aromatic carbocycles. The Labute approximate surface area is 174 Å². The van der Waals surface area contributed by atoms with Crippen molar-refractivity contribution in [2.24, 2.45) is 0 Å². The molecule has 7 nitrogen and oxygen atoms in total. The topological polar surface area (TPSA) is 74.8 Å². The first-order valence-corrected chi connectivity index (χ1v) is 10.9. The minimum atomic E-state index is -0.0838. The first-order valence-electron chi connectivity index (χ1n) is 10.1. The second kappa shape index (κ2) is 8.92. The summed E-state index contributed by atoms with van der Waals surface area (Å²) in [5.41, 5.74) is 2.95. The molecule has 0 aliphatic carbocycles. The predicted molar refractivity (Wildman–Crippen MR) is 113 cm³/mol. The largest absolute Gasteiger partial charge is 0.378 e. The van der Waals surface area contributed by atoms with Crippen LogP contribution in [-0.2, 0) is 20.7 Å². The van der Waals surface area contributed by atoms with Gasteiger partial charge in [-0.1, -0.05) is 12.1 Å². The third-order valence-corrected chi connectivity index (χ3v) is 6.24. The Bertz CT molecular complexity index is 861.